The van der Waals surface area contributed by atoms with Crippen molar-refractivity contribution in [3.05, 3.63) is 83.3 Å². The fourth-order valence-electron chi connectivity index (χ4n) is 2.86. The molecule has 1 N–H and O–H groups in total. The van der Waals surface area contributed by atoms with Gasteiger partial charge in [0.05, 0.1) is 5.69 Å². The topological polar surface area (TPSA) is 72.2 Å². The van der Waals surface area contributed by atoms with Gasteiger partial charge in [0.25, 0.3) is 5.91 Å². The zero-order chi connectivity index (χ0) is 18.8. The smallest absolute Gasteiger partial charge is 0.270 e. The predicted octanol–water partition coefficient (Wildman–Crippen LogP) is 3.34. The van der Waals surface area contributed by atoms with Gasteiger partial charge in [-0.2, -0.15) is 5.10 Å². The Bertz CT molecular complexity index is 1100. The first-order valence-corrected chi connectivity index (χ1v) is 8.73. The SMILES string of the molecule is Cc1ccc(CNC(=O)c2cc(C)n3nc(-c4ccccn4)cc3n2)cc1. The van der Waals surface area contributed by atoms with Crippen LogP contribution in [0, 0.1) is 13.8 Å². The van der Waals surface area contributed by atoms with Crippen molar-refractivity contribution in [3.63, 3.8) is 0 Å². The monoisotopic (exact) mass is 357 g/mol. The lowest BCUT2D eigenvalue weighted by molar-refractivity contribution is 0.0946. The maximum absolute atomic E-state index is 12.5. The summed E-state index contributed by atoms with van der Waals surface area (Å²) in [4.78, 5) is 21.3. The van der Waals surface area contributed by atoms with Gasteiger partial charge >= 0.3 is 0 Å². The molecule has 6 heteroatoms. The zero-order valence-corrected chi connectivity index (χ0v) is 15.2. The van der Waals surface area contributed by atoms with Crippen molar-refractivity contribution in [1.29, 1.82) is 0 Å². The van der Waals surface area contributed by atoms with Crippen LogP contribution in [0.2, 0.25) is 0 Å². The number of hydrogen-bond donors (Lipinski definition) is 1. The van der Waals surface area contributed by atoms with Crippen molar-refractivity contribution in [1.82, 2.24) is 24.9 Å². The molecule has 0 radical (unpaired) electrons. The number of carbonyl (C=O) groups excluding carboxylic acids is 1. The second-order valence-corrected chi connectivity index (χ2v) is 6.47. The van der Waals surface area contributed by atoms with Crippen LogP contribution in [0.4, 0.5) is 0 Å². The van der Waals surface area contributed by atoms with Crippen LogP contribution in [-0.4, -0.2) is 25.5 Å². The second kappa shape index (κ2) is 6.99. The number of benzene rings is 1. The van der Waals surface area contributed by atoms with Crippen LogP contribution in [0.3, 0.4) is 0 Å². The third-order valence-electron chi connectivity index (χ3n) is 4.34. The third-order valence-corrected chi connectivity index (χ3v) is 4.34. The average Bonchev–Trinajstić information content (AvgIpc) is 3.13. The summed E-state index contributed by atoms with van der Waals surface area (Å²) in [7, 11) is 0. The fourth-order valence-corrected chi connectivity index (χ4v) is 2.86. The number of amides is 1. The van der Waals surface area contributed by atoms with Crippen molar-refractivity contribution in [2.75, 3.05) is 0 Å². The number of carbonyl (C=O) groups is 1. The first-order chi connectivity index (χ1) is 13.1. The van der Waals surface area contributed by atoms with E-state index >= 15 is 0 Å². The molecule has 0 aliphatic heterocycles. The molecule has 134 valence electrons. The average molecular weight is 357 g/mol. The van der Waals surface area contributed by atoms with E-state index in [9.17, 15) is 4.79 Å². The summed E-state index contributed by atoms with van der Waals surface area (Å²) < 4.78 is 1.72. The van der Waals surface area contributed by atoms with Gasteiger partial charge in [-0.1, -0.05) is 35.9 Å². The third kappa shape index (κ3) is 3.55. The molecular weight excluding hydrogens is 338 g/mol. The van der Waals surface area contributed by atoms with Crippen LogP contribution in [0.15, 0.2) is 60.8 Å². The predicted molar refractivity (Wildman–Crippen MR) is 103 cm³/mol. The summed E-state index contributed by atoms with van der Waals surface area (Å²) in [6, 6.07) is 17.3. The molecule has 27 heavy (non-hydrogen) atoms. The highest BCUT2D eigenvalue weighted by atomic mass is 16.1. The molecule has 3 aromatic heterocycles. The molecule has 0 aliphatic rings. The summed E-state index contributed by atoms with van der Waals surface area (Å²) in [5, 5.41) is 7.47. The van der Waals surface area contributed by atoms with Gasteiger partial charge < -0.3 is 5.32 Å². The molecule has 0 fully saturated rings. The Hall–Kier alpha value is -3.54. The van der Waals surface area contributed by atoms with Gasteiger partial charge in [0, 0.05) is 24.5 Å². The van der Waals surface area contributed by atoms with E-state index in [4.69, 9.17) is 0 Å². The number of nitrogens with one attached hydrogen (secondary N) is 1. The molecule has 0 atom stereocenters. The quantitative estimate of drug-likeness (QED) is 0.608. The summed E-state index contributed by atoms with van der Waals surface area (Å²) in [6.07, 6.45) is 1.73. The molecule has 1 aromatic carbocycles. The summed E-state index contributed by atoms with van der Waals surface area (Å²) >= 11 is 0. The summed E-state index contributed by atoms with van der Waals surface area (Å²) in [6.45, 7) is 4.40. The first kappa shape index (κ1) is 16.9. The van der Waals surface area contributed by atoms with E-state index in [1.165, 1.54) is 5.56 Å². The molecule has 3 heterocycles. The number of rotatable bonds is 4. The molecule has 0 bridgehead atoms. The number of aryl methyl sites for hydroxylation is 2. The standard InChI is InChI=1S/C21H19N5O/c1-14-6-8-16(9-7-14)13-23-21(27)19-11-15(2)26-20(24-19)12-18(25-26)17-5-3-4-10-22-17/h3-12H,13H2,1-2H3,(H,23,27). The molecule has 0 saturated carbocycles. The highest BCUT2D eigenvalue weighted by Crippen LogP contribution is 2.18. The lowest BCUT2D eigenvalue weighted by atomic mass is 10.1. The summed E-state index contributed by atoms with van der Waals surface area (Å²) in [5.41, 5.74) is 5.57. The molecule has 4 aromatic rings. The lowest BCUT2D eigenvalue weighted by Crippen LogP contribution is -2.24. The van der Waals surface area contributed by atoms with Gasteiger partial charge in [0.1, 0.15) is 11.4 Å². The Morgan fingerprint density at radius 3 is 2.59 bits per heavy atom. The Kier molecular flexibility index (Phi) is 4.38. The highest BCUT2D eigenvalue weighted by Gasteiger charge is 2.13. The van der Waals surface area contributed by atoms with Crippen molar-refractivity contribution in [2.45, 2.75) is 20.4 Å². The van der Waals surface area contributed by atoms with E-state index in [1.54, 1.807) is 16.8 Å². The van der Waals surface area contributed by atoms with Crippen molar-refractivity contribution < 1.29 is 4.79 Å². The molecule has 1 amide bonds. The van der Waals surface area contributed by atoms with Crippen LogP contribution in [0.5, 0.6) is 0 Å². The molecule has 0 spiro atoms. The van der Waals surface area contributed by atoms with Gasteiger partial charge in [-0.15, -0.1) is 0 Å². The summed E-state index contributed by atoms with van der Waals surface area (Å²) in [5.74, 6) is -0.207. The molecule has 0 saturated heterocycles. The zero-order valence-electron chi connectivity index (χ0n) is 15.2. The number of nitrogens with zero attached hydrogens (tertiary/aromatic N) is 4. The van der Waals surface area contributed by atoms with E-state index in [-0.39, 0.29) is 5.91 Å². The number of aromatic nitrogens is 4. The molecular formula is C21H19N5O. The minimum atomic E-state index is -0.207. The first-order valence-electron chi connectivity index (χ1n) is 8.73. The normalized spacial score (nSPS) is 10.9. The van der Waals surface area contributed by atoms with E-state index in [0.717, 1.165) is 22.6 Å². The van der Waals surface area contributed by atoms with Gasteiger partial charge in [-0.3, -0.25) is 9.78 Å². The van der Waals surface area contributed by atoms with Crippen LogP contribution in [0.25, 0.3) is 17.0 Å². The molecule has 4 rings (SSSR count). The second-order valence-electron chi connectivity index (χ2n) is 6.47. The fraction of sp³-hybridized carbons (Fsp3) is 0.143. The maximum atomic E-state index is 12.5. The van der Waals surface area contributed by atoms with Crippen molar-refractivity contribution >= 4 is 11.6 Å². The lowest BCUT2D eigenvalue weighted by Gasteiger charge is -2.07. The van der Waals surface area contributed by atoms with E-state index < -0.39 is 0 Å². The Morgan fingerprint density at radius 1 is 1.04 bits per heavy atom. The molecule has 6 nitrogen and oxygen atoms in total. The Labute approximate surface area is 156 Å². The van der Waals surface area contributed by atoms with E-state index in [2.05, 4.69) is 20.4 Å². The van der Waals surface area contributed by atoms with E-state index in [1.807, 2.05) is 62.4 Å². The number of pyridine rings is 1. The number of fused-ring (bicyclic) bond motifs is 1. The molecule has 0 unspecified atom stereocenters. The minimum absolute atomic E-state index is 0.207. The minimum Gasteiger partial charge on any atom is -0.347 e. The van der Waals surface area contributed by atoms with Gasteiger partial charge in [0.2, 0.25) is 0 Å². The molecule has 0 aliphatic carbocycles. The Balaban J connectivity index is 1.58. The van der Waals surface area contributed by atoms with Crippen molar-refractivity contribution in [3.8, 4) is 11.4 Å². The maximum Gasteiger partial charge on any atom is 0.270 e. The van der Waals surface area contributed by atoms with Crippen molar-refractivity contribution in [2.24, 2.45) is 0 Å². The van der Waals surface area contributed by atoms with Crippen LogP contribution >= 0.6 is 0 Å². The Morgan fingerprint density at radius 2 is 1.85 bits per heavy atom. The van der Waals surface area contributed by atoms with Crippen LogP contribution in [-0.2, 0) is 6.54 Å². The van der Waals surface area contributed by atoms with Gasteiger partial charge in [-0.25, -0.2) is 9.50 Å². The van der Waals surface area contributed by atoms with Gasteiger partial charge in [-0.05, 0) is 37.6 Å². The van der Waals surface area contributed by atoms with E-state index in [0.29, 0.717) is 17.9 Å². The largest absolute Gasteiger partial charge is 0.347 e. The van der Waals surface area contributed by atoms with Crippen LogP contribution < -0.4 is 5.32 Å². The van der Waals surface area contributed by atoms with Gasteiger partial charge in [0.15, 0.2) is 5.65 Å². The van der Waals surface area contributed by atoms with Crippen LogP contribution in [0.1, 0.15) is 27.3 Å². The number of hydrogen-bond acceptors (Lipinski definition) is 4. The highest BCUT2D eigenvalue weighted by molar-refractivity contribution is 5.92.